The van der Waals surface area contributed by atoms with Crippen LogP contribution in [0.15, 0.2) is 64.0 Å². The van der Waals surface area contributed by atoms with Crippen LogP contribution in [0, 0.1) is 0 Å². The van der Waals surface area contributed by atoms with Crippen molar-refractivity contribution in [2.24, 2.45) is 0 Å². The van der Waals surface area contributed by atoms with Crippen LogP contribution in [0.2, 0.25) is 0 Å². The van der Waals surface area contributed by atoms with E-state index in [2.05, 4.69) is 0 Å². The van der Waals surface area contributed by atoms with Gasteiger partial charge in [-0.15, -0.1) is 0 Å². The molecule has 1 aromatic heterocycles. The smallest absolute Gasteiger partial charge is 0.200 e. The summed E-state index contributed by atoms with van der Waals surface area (Å²) < 4.78 is 5.53. The van der Waals surface area contributed by atoms with Crippen LogP contribution in [0.1, 0.15) is 18.6 Å². The highest BCUT2D eigenvalue weighted by Crippen LogP contribution is 2.27. The number of hydrogen-bond acceptors (Lipinski definition) is 3. The number of benzene rings is 2. The molecule has 0 amide bonds. The predicted octanol–water partition coefficient (Wildman–Crippen LogP) is 3.51. The Morgan fingerprint density at radius 1 is 1.00 bits per heavy atom. The standard InChI is InChI=1S/C17H14O3/c1-11(18)12-6-2-3-7-13(12)15-10-20-16-9-5-4-8-14(16)17(15)19/h2-11,18H,1H3. The van der Waals surface area contributed by atoms with E-state index in [4.69, 9.17) is 4.42 Å². The van der Waals surface area contributed by atoms with Gasteiger partial charge in [-0.1, -0.05) is 36.4 Å². The Hall–Kier alpha value is -2.39. The second-order valence-corrected chi connectivity index (χ2v) is 4.74. The van der Waals surface area contributed by atoms with Gasteiger partial charge in [-0.2, -0.15) is 0 Å². The molecule has 3 nitrogen and oxygen atoms in total. The van der Waals surface area contributed by atoms with Crippen LogP contribution in [0.5, 0.6) is 0 Å². The minimum Gasteiger partial charge on any atom is -0.463 e. The summed E-state index contributed by atoms with van der Waals surface area (Å²) in [5.74, 6) is 0. The van der Waals surface area contributed by atoms with Crippen LogP contribution in [0.4, 0.5) is 0 Å². The molecule has 0 saturated carbocycles. The van der Waals surface area contributed by atoms with E-state index in [-0.39, 0.29) is 5.43 Å². The summed E-state index contributed by atoms with van der Waals surface area (Å²) in [6.45, 7) is 1.68. The van der Waals surface area contributed by atoms with Gasteiger partial charge in [0.1, 0.15) is 11.8 Å². The fourth-order valence-electron chi connectivity index (χ4n) is 2.37. The third-order valence-corrected chi connectivity index (χ3v) is 3.38. The molecule has 20 heavy (non-hydrogen) atoms. The van der Waals surface area contributed by atoms with E-state index >= 15 is 0 Å². The van der Waals surface area contributed by atoms with Gasteiger partial charge in [0.15, 0.2) is 0 Å². The van der Waals surface area contributed by atoms with Gasteiger partial charge < -0.3 is 9.52 Å². The molecule has 0 spiro atoms. The second-order valence-electron chi connectivity index (χ2n) is 4.74. The molecule has 1 heterocycles. The van der Waals surface area contributed by atoms with Crippen LogP contribution in [0.3, 0.4) is 0 Å². The molecule has 100 valence electrons. The summed E-state index contributed by atoms with van der Waals surface area (Å²) in [7, 11) is 0. The van der Waals surface area contributed by atoms with E-state index in [0.29, 0.717) is 22.1 Å². The van der Waals surface area contributed by atoms with Gasteiger partial charge in [-0.25, -0.2) is 0 Å². The molecular formula is C17H14O3. The van der Waals surface area contributed by atoms with Gasteiger partial charge in [0.2, 0.25) is 5.43 Å². The Bertz CT molecular complexity index is 816. The number of para-hydroxylation sites is 1. The molecule has 0 aliphatic rings. The molecule has 3 aromatic rings. The zero-order valence-electron chi connectivity index (χ0n) is 11.0. The first-order chi connectivity index (χ1) is 9.68. The highest BCUT2D eigenvalue weighted by atomic mass is 16.3. The second kappa shape index (κ2) is 4.94. The average Bonchev–Trinajstić information content (AvgIpc) is 2.48. The molecule has 3 rings (SSSR count). The summed E-state index contributed by atoms with van der Waals surface area (Å²) in [6.07, 6.45) is 0.823. The van der Waals surface area contributed by atoms with E-state index in [9.17, 15) is 9.90 Å². The fraction of sp³-hybridized carbons (Fsp3) is 0.118. The number of hydrogen-bond donors (Lipinski definition) is 1. The van der Waals surface area contributed by atoms with Crippen LogP contribution < -0.4 is 5.43 Å². The first-order valence-electron chi connectivity index (χ1n) is 6.46. The van der Waals surface area contributed by atoms with Crippen molar-refractivity contribution < 1.29 is 9.52 Å². The van der Waals surface area contributed by atoms with E-state index in [0.717, 1.165) is 5.56 Å². The molecule has 0 aliphatic carbocycles. The van der Waals surface area contributed by atoms with E-state index in [1.165, 1.54) is 6.26 Å². The van der Waals surface area contributed by atoms with E-state index < -0.39 is 6.10 Å². The van der Waals surface area contributed by atoms with Crippen molar-refractivity contribution in [1.29, 1.82) is 0 Å². The third kappa shape index (κ3) is 2.02. The van der Waals surface area contributed by atoms with Crippen molar-refractivity contribution in [3.63, 3.8) is 0 Å². The topological polar surface area (TPSA) is 50.4 Å². The summed E-state index contributed by atoms with van der Waals surface area (Å²) in [6, 6.07) is 14.5. The Morgan fingerprint density at radius 2 is 1.70 bits per heavy atom. The molecule has 1 unspecified atom stereocenters. The number of aliphatic hydroxyl groups is 1. The molecule has 0 aliphatic heterocycles. The van der Waals surface area contributed by atoms with Gasteiger partial charge >= 0.3 is 0 Å². The third-order valence-electron chi connectivity index (χ3n) is 3.38. The summed E-state index contributed by atoms with van der Waals surface area (Å²) in [4.78, 5) is 12.6. The van der Waals surface area contributed by atoms with Gasteiger partial charge in [0, 0.05) is 0 Å². The highest BCUT2D eigenvalue weighted by Gasteiger charge is 2.14. The Morgan fingerprint density at radius 3 is 2.50 bits per heavy atom. The molecule has 0 radical (unpaired) electrons. The number of aliphatic hydroxyl groups excluding tert-OH is 1. The molecule has 2 aromatic carbocycles. The zero-order valence-corrected chi connectivity index (χ0v) is 11.0. The van der Waals surface area contributed by atoms with Crippen molar-refractivity contribution in [2.75, 3.05) is 0 Å². The minimum atomic E-state index is -0.642. The van der Waals surface area contributed by atoms with Gasteiger partial charge in [-0.3, -0.25) is 4.79 Å². The van der Waals surface area contributed by atoms with E-state index in [1.807, 2.05) is 36.4 Å². The predicted molar refractivity (Wildman–Crippen MR) is 78.6 cm³/mol. The van der Waals surface area contributed by atoms with Gasteiger partial charge in [0.05, 0.1) is 17.1 Å². The van der Waals surface area contributed by atoms with Crippen LogP contribution >= 0.6 is 0 Å². The lowest BCUT2D eigenvalue weighted by Gasteiger charge is -2.11. The monoisotopic (exact) mass is 266 g/mol. The Labute approximate surface area is 116 Å². The van der Waals surface area contributed by atoms with Crippen molar-refractivity contribution in [2.45, 2.75) is 13.0 Å². The molecule has 0 saturated heterocycles. The molecule has 1 N–H and O–H groups in total. The van der Waals surface area contributed by atoms with Crippen molar-refractivity contribution in [3.8, 4) is 11.1 Å². The first kappa shape index (κ1) is 12.6. The fourth-order valence-corrected chi connectivity index (χ4v) is 2.37. The normalized spacial score (nSPS) is 12.5. The molecular weight excluding hydrogens is 252 g/mol. The SMILES string of the molecule is CC(O)c1ccccc1-c1coc2ccccc2c1=O. The maximum absolute atomic E-state index is 12.6. The summed E-state index contributed by atoms with van der Waals surface area (Å²) in [5, 5.41) is 10.4. The molecule has 1 atom stereocenters. The van der Waals surface area contributed by atoms with E-state index in [1.54, 1.807) is 19.1 Å². The zero-order chi connectivity index (χ0) is 14.1. The Kier molecular flexibility index (Phi) is 3.12. The van der Waals surface area contributed by atoms with Crippen LogP contribution in [-0.2, 0) is 0 Å². The maximum atomic E-state index is 12.6. The van der Waals surface area contributed by atoms with Gasteiger partial charge in [0.25, 0.3) is 0 Å². The molecule has 3 heteroatoms. The van der Waals surface area contributed by atoms with Crippen molar-refractivity contribution in [1.82, 2.24) is 0 Å². The van der Waals surface area contributed by atoms with Crippen molar-refractivity contribution in [3.05, 3.63) is 70.6 Å². The maximum Gasteiger partial charge on any atom is 0.200 e. The lowest BCUT2D eigenvalue weighted by Crippen LogP contribution is -2.07. The quantitative estimate of drug-likeness (QED) is 0.772. The summed E-state index contributed by atoms with van der Waals surface area (Å²) in [5.41, 5.74) is 2.38. The molecule has 0 bridgehead atoms. The first-order valence-corrected chi connectivity index (χ1v) is 6.46. The number of fused-ring (bicyclic) bond motifs is 1. The van der Waals surface area contributed by atoms with Crippen LogP contribution in [-0.4, -0.2) is 5.11 Å². The lowest BCUT2D eigenvalue weighted by molar-refractivity contribution is 0.200. The van der Waals surface area contributed by atoms with Crippen LogP contribution in [0.25, 0.3) is 22.1 Å². The summed E-state index contributed by atoms with van der Waals surface area (Å²) >= 11 is 0. The Balaban J connectivity index is 2.31. The largest absolute Gasteiger partial charge is 0.463 e. The number of rotatable bonds is 2. The highest BCUT2D eigenvalue weighted by molar-refractivity contribution is 5.82. The minimum absolute atomic E-state index is 0.0834. The van der Waals surface area contributed by atoms with Gasteiger partial charge in [-0.05, 0) is 30.2 Å². The lowest BCUT2D eigenvalue weighted by atomic mass is 9.97. The molecule has 0 fully saturated rings. The average molecular weight is 266 g/mol. The van der Waals surface area contributed by atoms with Crippen molar-refractivity contribution >= 4 is 11.0 Å².